The van der Waals surface area contributed by atoms with E-state index in [2.05, 4.69) is 25.8 Å². The number of hydrogen-bond acceptors (Lipinski definition) is 8. The molecule has 1 aliphatic carbocycles. The van der Waals surface area contributed by atoms with Crippen LogP contribution in [0.25, 0.3) is 11.1 Å². The van der Waals surface area contributed by atoms with Gasteiger partial charge in [-0.05, 0) is 25.3 Å². The molecule has 190 valence electrons. The number of primary amides is 1. The number of pyridine rings is 1. The molecule has 1 saturated heterocycles. The number of carbonyl (C=O) groups excluding carboxylic acids is 2. The summed E-state index contributed by atoms with van der Waals surface area (Å²) >= 11 is 0. The summed E-state index contributed by atoms with van der Waals surface area (Å²) in [5.41, 5.74) is 8.42. The Balaban J connectivity index is 0.000000375. The molecular weight excluding hydrogens is 464 g/mol. The number of carbonyl (C=O) groups is 2. The largest absolute Gasteiger partial charge is 0.494 e. The normalized spacial score (nSPS) is 16.6. The topological polar surface area (TPSA) is 153 Å². The third kappa shape index (κ3) is 6.18. The van der Waals surface area contributed by atoms with Crippen LogP contribution < -0.4 is 21.1 Å². The fraction of sp³-hybridized carbons (Fsp3) is 0.360. The Morgan fingerprint density at radius 3 is 2.58 bits per heavy atom. The van der Waals surface area contributed by atoms with Crippen molar-refractivity contribution in [1.82, 2.24) is 15.2 Å². The van der Waals surface area contributed by atoms with Crippen LogP contribution >= 0.6 is 0 Å². The molecule has 1 aromatic carbocycles. The lowest BCUT2D eigenvalue weighted by atomic mass is 10.1. The third-order valence-corrected chi connectivity index (χ3v) is 5.89. The molecule has 1 unspecified atom stereocenters. The van der Waals surface area contributed by atoms with Gasteiger partial charge in [-0.25, -0.2) is 4.98 Å². The zero-order chi connectivity index (χ0) is 25.5. The lowest BCUT2D eigenvalue weighted by molar-refractivity contribution is -0.117. The summed E-state index contributed by atoms with van der Waals surface area (Å²) in [6, 6.07) is 7.16. The van der Waals surface area contributed by atoms with Crippen molar-refractivity contribution in [3.63, 3.8) is 0 Å². The number of nitrogens with two attached hydrogens (primary N) is 1. The molecule has 0 radical (unpaired) electrons. The molecule has 5 rings (SSSR count). The fourth-order valence-corrected chi connectivity index (χ4v) is 3.72. The molecule has 3 heterocycles. The minimum atomic E-state index is -0.634. The third-order valence-electron chi connectivity index (χ3n) is 5.89. The number of ether oxygens (including phenoxy) is 3. The average molecular weight is 495 g/mol. The van der Waals surface area contributed by atoms with Crippen molar-refractivity contribution in [3.05, 3.63) is 48.4 Å². The summed E-state index contributed by atoms with van der Waals surface area (Å²) in [7, 11) is 3.28. The van der Waals surface area contributed by atoms with Crippen molar-refractivity contribution in [2.24, 2.45) is 11.7 Å². The Hall–Kier alpha value is -3.96. The Bertz CT molecular complexity index is 1190. The smallest absolute Gasteiger partial charge is 0.252 e. The number of rotatable bonds is 8. The number of anilines is 3. The molecular formula is C25H30N6O5. The van der Waals surface area contributed by atoms with Gasteiger partial charge < -0.3 is 30.6 Å². The molecule has 2 aliphatic rings. The van der Waals surface area contributed by atoms with Gasteiger partial charge in [0.2, 0.25) is 5.91 Å². The summed E-state index contributed by atoms with van der Waals surface area (Å²) in [4.78, 5) is 28.1. The molecule has 0 bridgehead atoms. The van der Waals surface area contributed by atoms with Crippen LogP contribution in [0.2, 0.25) is 0 Å². The standard InChI is InChI=1S/C20H20N6O3.C5H10O2/c1-29-18-13(12-8-23-24-9-12)3-2-4-15(18)25-16-7-17(22-10-14(16)19(21)27)26-20(28)11-5-6-11;1-6-5-2-3-7-4-5/h2-4,7-11H,5-6H2,1H3,(H2,21,27)(H,23,24)(H2,22,25,26,28);5H,2-4H2,1H3. The number of aromatic nitrogens is 3. The van der Waals surface area contributed by atoms with Gasteiger partial charge >= 0.3 is 0 Å². The molecule has 5 N–H and O–H groups in total. The van der Waals surface area contributed by atoms with E-state index in [1.54, 1.807) is 32.7 Å². The molecule has 3 aromatic rings. The van der Waals surface area contributed by atoms with E-state index >= 15 is 0 Å². The van der Waals surface area contributed by atoms with E-state index in [9.17, 15) is 9.59 Å². The highest BCUT2D eigenvalue weighted by Gasteiger charge is 2.30. The number of H-pyrrole nitrogens is 1. The van der Waals surface area contributed by atoms with Crippen LogP contribution in [0.5, 0.6) is 5.75 Å². The number of hydrogen-bond donors (Lipinski definition) is 4. The van der Waals surface area contributed by atoms with Crippen molar-refractivity contribution in [3.8, 4) is 16.9 Å². The second-order valence-corrected chi connectivity index (χ2v) is 8.46. The van der Waals surface area contributed by atoms with Gasteiger partial charge in [0, 0.05) is 49.2 Å². The lowest BCUT2D eigenvalue weighted by Crippen LogP contribution is -2.17. The predicted molar refractivity (Wildman–Crippen MR) is 134 cm³/mol. The van der Waals surface area contributed by atoms with E-state index in [0.717, 1.165) is 43.6 Å². The van der Waals surface area contributed by atoms with Crippen LogP contribution in [-0.2, 0) is 14.3 Å². The number of aromatic amines is 1. The van der Waals surface area contributed by atoms with Crippen molar-refractivity contribution in [2.45, 2.75) is 25.4 Å². The minimum absolute atomic E-state index is 0.0377. The molecule has 2 amide bonds. The van der Waals surface area contributed by atoms with Gasteiger partial charge in [0.1, 0.15) is 11.6 Å². The number of benzene rings is 1. The molecule has 1 atom stereocenters. The van der Waals surface area contributed by atoms with Gasteiger partial charge in [-0.1, -0.05) is 12.1 Å². The van der Waals surface area contributed by atoms with E-state index in [-0.39, 0.29) is 17.4 Å². The highest BCUT2D eigenvalue weighted by molar-refractivity contribution is 6.01. The predicted octanol–water partition coefficient (Wildman–Crippen LogP) is 3.09. The highest BCUT2D eigenvalue weighted by atomic mass is 16.5. The van der Waals surface area contributed by atoms with Crippen LogP contribution in [0, 0.1) is 5.92 Å². The molecule has 1 saturated carbocycles. The van der Waals surface area contributed by atoms with Crippen molar-refractivity contribution in [2.75, 3.05) is 38.1 Å². The van der Waals surface area contributed by atoms with E-state index in [1.165, 1.54) is 6.20 Å². The van der Waals surface area contributed by atoms with E-state index in [1.807, 2.05) is 18.2 Å². The van der Waals surface area contributed by atoms with E-state index in [0.29, 0.717) is 29.0 Å². The van der Waals surface area contributed by atoms with Crippen LogP contribution in [-0.4, -0.2) is 60.5 Å². The number of nitrogens with one attached hydrogen (secondary N) is 3. The fourth-order valence-electron chi connectivity index (χ4n) is 3.72. The van der Waals surface area contributed by atoms with Gasteiger partial charge in [0.05, 0.1) is 43.0 Å². The van der Waals surface area contributed by atoms with Gasteiger partial charge in [0.15, 0.2) is 0 Å². The number of nitrogens with zero attached hydrogens (tertiary/aromatic N) is 2. The van der Waals surface area contributed by atoms with Gasteiger partial charge in [-0.15, -0.1) is 0 Å². The van der Waals surface area contributed by atoms with Gasteiger partial charge in [0.25, 0.3) is 5.91 Å². The number of amides is 2. The first kappa shape index (κ1) is 25.1. The monoisotopic (exact) mass is 494 g/mol. The van der Waals surface area contributed by atoms with Crippen LogP contribution in [0.3, 0.4) is 0 Å². The summed E-state index contributed by atoms with van der Waals surface area (Å²) in [5.74, 6) is 0.250. The van der Waals surface area contributed by atoms with Crippen LogP contribution in [0.15, 0.2) is 42.9 Å². The second-order valence-electron chi connectivity index (χ2n) is 8.46. The molecule has 1 aliphatic heterocycles. The van der Waals surface area contributed by atoms with Gasteiger partial charge in [-0.2, -0.15) is 5.10 Å². The summed E-state index contributed by atoms with van der Waals surface area (Å²) in [6.07, 6.45) is 8.00. The zero-order valence-corrected chi connectivity index (χ0v) is 20.2. The minimum Gasteiger partial charge on any atom is -0.494 e. The molecule has 36 heavy (non-hydrogen) atoms. The summed E-state index contributed by atoms with van der Waals surface area (Å²) in [6.45, 7) is 1.66. The molecule has 11 heteroatoms. The second kappa shape index (κ2) is 11.6. The first-order valence-electron chi connectivity index (χ1n) is 11.6. The van der Waals surface area contributed by atoms with Gasteiger partial charge in [-0.3, -0.25) is 14.7 Å². The van der Waals surface area contributed by atoms with E-state index in [4.69, 9.17) is 19.9 Å². The van der Waals surface area contributed by atoms with E-state index < -0.39 is 5.91 Å². The van der Waals surface area contributed by atoms with Crippen molar-refractivity contribution < 1.29 is 23.8 Å². The van der Waals surface area contributed by atoms with Crippen molar-refractivity contribution in [1.29, 1.82) is 0 Å². The first-order valence-corrected chi connectivity index (χ1v) is 11.6. The summed E-state index contributed by atoms with van der Waals surface area (Å²) in [5, 5.41) is 12.7. The van der Waals surface area contributed by atoms with Crippen LogP contribution in [0.4, 0.5) is 17.2 Å². The maximum Gasteiger partial charge on any atom is 0.252 e. The average Bonchev–Trinajstić information content (AvgIpc) is 3.34. The van der Waals surface area contributed by atoms with Crippen LogP contribution in [0.1, 0.15) is 29.6 Å². The Morgan fingerprint density at radius 2 is 2.00 bits per heavy atom. The molecule has 2 aromatic heterocycles. The molecule has 2 fully saturated rings. The van der Waals surface area contributed by atoms with Crippen molar-refractivity contribution >= 4 is 29.0 Å². The lowest BCUT2D eigenvalue weighted by Gasteiger charge is -2.16. The zero-order valence-electron chi connectivity index (χ0n) is 20.2. The highest BCUT2D eigenvalue weighted by Crippen LogP contribution is 2.38. The molecule has 0 spiro atoms. The Labute approximate surface area is 208 Å². The number of para-hydroxylation sites is 1. The summed E-state index contributed by atoms with van der Waals surface area (Å²) < 4.78 is 15.6. The number of methoxy groups -OCH3 is 2. The first-order chi connectivity index (χ1) is 17.5. The Morgan fingerprint density at radius 1 is 1.17 bits per heavy atom. The Kier molecular flexibility index (Phi) is 8.13. The molecule has 11 nitrogen and oxygen atoms in total. The quantitative estimate of drug-likeness (QED) is 0.373. The maximum atomic E-state index is 12.0. The maximum absolute atomic E-state index is 12.0. The SMILES string of the molecule is COC1CCOC1.COc1c(Nc2cc(NC(=O)C3CC3)ncc2C(N)=O)cccc1-c1cn[nH]c1.